The van der Waals surface area contributed by atoms with Crippen LogP contribution in [0.1, 0.15) is 23.6 Å². The fraction of sp³-hybridized carbons (Fsp3) is 0.278. The lowest BCUT2D eigenvalue weighted by atomic mass is 10.0. The quantitative estimate of drug-likeness (QED) is 0.819. The second kappa shape index (κ2) is 7.97. The van der Waals surface area contributed by atoms with Gasteiger partial charge in [-0.3, -0.25) is 0 Å². The fourth-order valence-corrected chi connectivity index (χ4v) is 4.14. The fourth-order valence-electron chi connectivity index (χ4n) is 2.81. The first kappa shape index (κ1) is 17.9. The van der Waals surface area contributed by atoms with Gasteiger partial charge in [0.2, 0.25) is 0 Å². The number of ether oxygens (including phenoxy) is 1. The Morgan fingerprint density at radius 2 is 2.24 bits per heavy atom. The van der Waals surface area contributed by atoms with Gasteiger partial charge in [0.15, 0.2) is 0 Å². The highest BCUT2D eigenvalue weighted by Crippen LogP contribution is 2.37. The van der Waals surface area contributed by atoms with Crippen molar-refractivity contribution < 1.29 is 13.9 Å². The van der Waals surface area contributed by atoms with E-state index in [0.717, 1.165) is 23.3 Å². The van der Waals surface area contributed by atoms with Crippen LogP contribution in [-0.2, 0) is 6.54 Å². The minimum Gasteiger partial charge on any atom is -0.496 e. The van der Waals surface area contributed by atoms with Crippen molar-refractivity contribution in [2.45, 2.75) is 23.9 Å². The van der Waals surface area contributed by atoms with Gasteiger partial charge < -0.3 is 15.4 Å². The molecule has 1 aliphatic rings. The summed E-state index contributed by atoms with van der Waals surface area (Å²) in [5.74, 6) is 1.19. The van der Waals surface area contributed by atoms with E-state index in [1.807, 2.05) is 6.07 Å². The molecule has 2 aromatic carbocycles. The van der Waals surface area contributed by atoms with Gasteiger partial charge >= 0.3 is 6.03 Å². The maximum absolute atomic E-state index is 13.9. The summed E-state index contributed by atoms with van der Waals surface area (Å²) in [5, 5.41) is 6.30. The molecule has 132 valence electrons. The first-order valence-corrected chi connectivity index (χ1v) is 9.23. The lowest BCUT2D eigenvalue weighted by molar-refractivity contribution is 0.236. The van der Waals surface area contributed by atoms with E-state index in [1.165, 1.54) is 17.8 Å². The number of rotatable bonds is 4. The smallest absolute Gasteiger partial charge is 0.315 e. The lowest BCUT2D eigenvalue weighted by Crippen LogP contribution is -2.38. The van der Waals surface area contributed by atoms with E-state index in [4.69, 9.17) is 16.3 Å². The summed E-state index contributed by atoms with van der Waals surface area (Å²) in [6.45, 7) is 0.285. The second-order valence-corrected chi connectivity index (χ2v) is 7.17. The summed E-state index contributed by atoms with van der Waals surface area (Å²) < 4.78 is 19.2. The molecule has 2 aromatic rings. The Bertz CT molecular complexity index is 788. The Morgan fingerprint density at radius 1 is 1.40 bits per heavy atom. The van der Waals surface area contributed by atoms with Crippen molar-refractivity contribution in [3.63, 3.8) is 0 Å². The molecule has 3 rings (SSSR count). The highest BCUT2D eigenvalue weighted by Gasteiger charge is 2.24. The van der Waals surface area contributed by atoms with E-state index in [1.54, 1.807) is 31.4 Å². The van der Waals surface area contributed by atoms with Crippen molar-refractivity contribution in [2.75, 3.05) is 12.9 Å². The molecule has 0 saturated heterocycles. The first-order chi connectivity index (χ1) is 12.1. The minimum atomic E-state index is -0.311. The normalized spacial score (nSPS) is 16.0. The zero-order valence-electron chi connectivity index (χ0n) is 13.6. The molecule has 0 saturated carbocycles. The average molecular weight is 381 g/mol. The van der Waals surface area contributed by atoms with Crippen molar-refractivity contribution in [3.05, 3.63) is 58.4 Å². The van der Waals surface area contributed by atoms with E-state index in [9.17, 15) is 9.18 Å². The van der Waals surface area contributed by atoms with Crippen molar-refractivity contribution in [1.29, 1.82) is 0 Å². The molecule has 0 aliphatic carbocycles. The Labute approximate surface area is 155 Å². The van der Waals surface area contributed by atoms with Gasteiger partial charge in [-0.1, -0.05) is 23.7 Å². The van der Waals surface area contributed by atoms with Crippen molar-refractivity contribution >= 4 is 29.4 Å². The number of thioether (sulfide) groups is 1. The Balaban J connectivity index is 1.65. The van der Waals surface area contributed by atoms with Gasteiger partial charge in [0, 0.05) is 27.8 Å². The zero-order chi connectivity index (χ0) is 17.8. The summed E-state index contributed by atoms with van der Waals surface area (Å²) in [4.78, 5) is 12.9. The molecule has 0 spiro atoms. The Kier molecular flexibility index (Phi) is 5.71. The van der Waals surface area contributed by atoms with Gasteiger partial charge in [0.1, 0.15) is 11.6 Å². The number of methoxy groups -OCH3 is 1. The molecular formula is C18H18ClFN2O2S. The summed E-state index contributed by atoms with van der Waals surface area (Å²) in [6.07, 6.45) is 0.759. The highest BCUT2D eigenvalue weighted by molar-refractivity contribution is 7.99. The monoisotopic (exact) mass is 380 g/mol. The molecule has 0 fully saturated rings. The minimum absolute atomic E-state index is 0.201. The van der Waals surface area contributed by atoms with Gasteiger partial charge in [-0.25, -0.2) is 9.18 Å². The zero-order valence-corrected chi connectivity index (χ0v) is 15.2. The molecule has 0 bridgehead atoms. The van der Waals surface area contributed by atoms with Crippen LogP contribution in [0.4, 0.5) is 9.18 Å². The third-order valence-electron chi connectivity index (χ3n) is 4.01. The van der Waals surface area contributed by atoms with Crippen LogP contribution in [0.3, 0.4) is 0 Å². The van der Waals surface area contributed by atoms with Gasteiger partial charge in [-0.15, -0.1) is 11.8 Å². The summed E-state index contributed by atoms with van der Waals surface area (Å²) >= 11 is 7.48. The van der Waals surface area contributed by atoms with Crippen LogP contribution in [0.25, 0.3) is 0 Å². The molecule has 7 heteroatoms. The number of hydrogen-bond acceptors (Lipinski definition) is 3. The molecule has 1 aliphatic heterocycles. The SMILES string of the molecule is COc1ccc(Cl)cc1CNC(=O)NC1CCSc2c(F)cccc21. The molecule has 2 amide bonds. The lowest BCUT2D eigenvalue weighted by Gasteiger charge is -2.26. The number of carbonyl (C=O) groups is 1. The molecule has 25 heavy (non-hydrogen) atoms. The van der Waals surface area contributed by atoms with E-state index < -0.39 is 0 Å². The maximum atomic E-state index is 13.9. The molecule has 4 nitrogen and oxygen atoms in total. The third kappa shape index (κ3) is 4.19. The largest absolute Gasteiger partial charge is 0.496 e. The average Bonchev–Trinajstić information content (AvgIpc) is 2.61. The van der Waals surface area contributed by atoms with Crippen LogP contribution < -0.4 is 15.4 Å². The van der Waals surface area contributed by atoms with Crippen LogP contribution in [0.2, 0.25) is 5.02 Å². The van der Waals surface area contributed by atoms with Crippen LogP contribution in [0.15, 0.2) is 41.3 Å². The number of fused-ring (bicyclic) bond motifs is 1. The number of amides is 2. The molecule has 1 atom stereocenters. The third-order valence-corrected chi connectivity index (χ3v) is 5.41. The molecule has 0 radical (unpaired) electrons. The predicted octanol–water partition coefficient (Wildman–Crippen LogP) is 4.52. The van der Waals surface area contributed by atoms with Gasteiger partial charge in [-0.05, 0) is 36.2 Å². The van der Waals surface area contributed by atoms with Crippen molar-refractivity contribution in [1.82, 2.24) is 10.6 Å². The van der Waals surface area contributed by atoms with Crippen molar-refractivity contribution in [2.24, 2.45) is 0 Å². The summed E-state index contributed by atoms with van der Waals surface area (Å²) in [6, 6.07) is 9.70. The first-order valence-electron chi connectivity index (χ1n) is 7.86. The second-order valence-electron chi connectivity index (χ2n) is 5.63. The summed E-state index contributed by atoms with van der Waals surface area (Å²) in [5.41, 5.74) is 1.61. The Hall–Kier alpha value is -1.92. The topological polar surface area (TPSA) is 50.4 Å². The number of carbonyl (C=O) groups excluding carboxylic acids is 1. The van der Waals surface area contributed by atoms with Gasteiger partial charge in [0.05, 0.1) is 13.2 Å². The number of urea groups is 1. The maximum Gasteiger partial charge on any atom is 0.315 e. The Morgan fingerprint density at radius 3 is 3.04 bits per heavy atom. The molecule has 1 unspecified atom stereocenters. The van der Waals surface area contributed by atoms with E-state index in [-0.39, 0.29) is 24.4 Å². The van der Waals surface area contributed by atoms with Crippen LogP contribution in [-0.4, -0.2) is 18.9 Å². The van der Waals surface area contributed by atoms with Crippen molar-refractivity contribution in [3.8, 4) is 5.75 Å². The van der Waals surface area contributed by atoms with E-state index >= 15 is 0 Å². The van der Waals surface area contributed by atoms with Crippen LogP contribution >= 0.6 is 23.4 Å². The molecular weight excluding hydrogens is 363 g/mol. The van der Waals surface area contributed by atoms with E-state index in [0.29, 0.717) is 15.7 Å². The van der Waals surface area contributed by atoms with Gasteiger partial charge in [0.25, 0.3) is 0 Å². The molecule has 1 heterocycles. The van der Waals surface area contributed by atoms with Crippen LogP contribution in [0, 0.1) is 5.82 Å². The number of benzene rings is 2. The predicted molar refractivity (Wildman–Crippen MR) is 97.9 cm³/mol. The molecule has 2 N–H and O–H groups in total. The molecule has 0 aromatic heterocycles. The summed E-state index contributed by atoms with van der Waals surface area (Å²) in [7, 11) is 1.57. The van der Waals surface area contributed by atoms with E-state index in [2.05, 4.69) is 10.6 Å². The number of nitrogens with one attached hydrogen (secondary N) is 2. The standard InChI is InChI=1S/C18H18ClFN2O2S/c1-24-16-6-5-12(19)9-11(16)10-21-18(23)22-15-7-8-25-17-13(15)3-2-4-14(17)20/h2-6,9,15H,7-8,10H2,1H3,(H2,21,22,23). The highest BCUT2D eigenvalue weighted by atomic mass is 35.5. The number of halogens is 2. The van der Waals surface area contributed by atoms with Crippen LogP contribution in [0.5, 0.6) is 5.75 Å². The number of hydrogen-bond donors (Lipinski definition) is 2. The van der Waals surface area contributed by atoms with Gasteiger partial charge in [-0.2, -0.15) is 0 Å².